The van der Waals surface area contributed by atoms with Gasteiger partial charge in [0.2, 0.25) is 0 Å². The zero-order valence-corrected chi connectivity index (χ0v) is 18.5. The van der Waals surface area contributed by atoms with Crippen LogP contribution in [0.5, 0.6) is 0 Å². The highest BCUT2D eigenvalue weighted by molar-refractivity contribution is 5.26. The molecule has 1 saturated heterocycles. The molecule has 5 unspecified atom stereocenters. The number of aliphatic hydroxyl groups excluding tert-OH is 1. The number of epoxide rings is 1. The van der Waals surface area contributed by atoms with Crippen molar-refractivity contribution in [3.05, 3.63) is 47.6 Å². The fourth-order valence-corrected chi connectivity index (χ4v) is 6.24. The molecule has 160 valence electrons. The van der Waals surface area contributed by atoms with E-state index >= 15 is 0 Å². The van der Waals surface area contributed by atoms with Gasteiger partial charge in [0.05, 0.1) is 12.7 Å². The summed E-state index contributed by atoms with van der Waals surface area (Å²) in [6.07, 6.45) is 27.0. The maximum Gasteiger partial charge on any atom is 0.110 e. The number of ether oxygens (including phenoxy) is 1. The van der Waals surface area contributed by atoms with Crippen molar-refractivity contribution in [2.24, 2.45) is 17.3 Å². The number of hydrogen-bond acceptors (Lipinski definition) is 2. The first-order chi connectivity index (χ1) is 14.0. The molecule has 5 atom stereocenters. The second kappa shape index (κ2) is 8.94. The lowest BCUT2D eigenvalue weighted by molar-refractivity contribution is 0.137. The van der Waals surface area contributed by atoms with Gasteiger partial charge in [0.1, 0.15) is 5.60 Å². The van der Waals surface area contributed by atoms with E-state index < -0.39 is 0 Å². The van der Waals surface area contributed by atoms with Crippen molar-refractivity contribution in [2.75, 3.05) is 6.61 Å². The second-order valence-corrected chi connectivity index (χ2v) is 10.2. The van der Waals surface area contributed by atoms with E-state index in [1.807, 2.05) is 0 Å². The number of fused-ring (bicyclic) bond motifs is 1. The molecule has 0 amide bonds. The Morgan fingerprint density at radius 1 is 1.10 bits per heavy atom. The molecule has 0 aromatic rings. The second-order valence-electron chi connectivity index (χ2n) is 10.2. The van der Waals surface area contributed by atoms with Crippen molar-refractivity contribution >= 4 is 0 Å². The number of aliphatic hydroxyl groups is 1. The predicted octanol–water partition coefficient (Wildman–Crippen LogP) is 6.67. The van der Waals surface area contributed by atoms with Crippen molar-refractivity contribution in [3.63, 3.8) is 0 Å². The lowest BCUT2D eigenvalue weighted by Gasteiger charge is -2.42. The van der Waals surface area contributed by atoms with Gasteiger partial charge in [0.15, 0.2) is 0 Å². The van der Waals surface area contributed by atoms with Crippen LogP contribution in [0.2, 0.25) is 0 Å². The molecular formula is C27H40O2. The molecule has 4 aliphatic rings. The highest BCUT2D eigenvalue weighted by Gasteiger charge is 2.48. The van der Waals surface area contributed by atoms with E-state index in [2.05, 4.69) is 50.3 Å². The number of hydrogen-bond donors (Lipinski definition) is 1. The highest BCUT2D eigenvalue weighted by Crippen LogP contribution is 2.58. The van der Waals surface area contributed by atoms with Crippen LogP contribution in [-0.4, -0.2) is 23.4 Å². The first-order valence-corrected chi connectivity index (χ1v) is 12.1. The monoisotopic (exact) mass is 396 g/mol. The molecule has 0 bridgehead atoms. The van der Waals surface area contributed by atoms with Gasteiger partial charge in [-0.1, -0.05) is 61.4 Å². The lowest BCUT2D eigenvalue weighted by Crippen LogP contribution is -2.33. The first-order valence-electron chi connectivity index (χ1n) is 12.1. The molecule has 0 radical (unpaired) electrons. The van der Waals surface area contributed by atoms with Crippen molar-refractivity contribution in [1.29, 1.82) is 0 Å². The molecule has 0 aromatic heterocycles. The fourth-order valence-electron chi connectivity index (χ4n) is 6.24. The molecule has 0 aromatic carbocycles. The fraction of sp³-hybridized carbons (Fsp3) is 0.704. The molecule has 2 heteroatoms. The van der Waals surface area contributed by atoms with Gasteiger partial charge in [-0.15, -0.1) is 0 Å². The molecule has 3 aliphatic carbocycles. The minimum Gasteiger partial charge on any atom is -0.393 e. The predicted molar refractivity (Wildman–Crippen MR) is 121 cm³/mol. The molecule has 4 rings (SSSR count). The van der Waals surface area contributed by atoms with Crippen LogP contribution in [0.25, 0.3) is 0 Å². The van der Waals surface area contributed by atoms with E-state index in [0.29, 0.717) is 5.41 Å². The summed E-state index contributed by atoms with van der Waals surface area (Å²) in [6, 6.07) is 0. The molecule has 1 aliphatic heterocycles. The van der Waals surface area contributed by atoms with Gasteiger partial charge in [-0.2, -0.15) is 0 Å². The van der Waals surface area contributed by atoms with Crippen molar-refractivity contribution in [3.8, 4) is 0 Å². The minimum absolute atomic E-state index is 0.0563. The van der Waals surface area contributed by atoms with E-state index in [4.69, 9.17) is 4.74 Å². The summed E-state index contributed by atoms with van der Waals surface area (Å²) < 4.78 is 5.55. The molecule has 29 heavy (non-hydrogen) atoms. The zero-order chi connectivity index (χ0) is 20.3. The summed E-state index contributed by atoms with van der Waals surface area (Å²) in [7, 11) is 0. The maximum absolute atomic E-state index is 9.95. The Bertz CT molecular complexity index is 693. The average Bonchev–Trinajstić information content (AvgIpc) is 3.42. The summed E-state index contributed by atoms with van der Waals surface area (Å²) in [4.78, 5) is 0. The molecular weight excluding hydrogens is 356 g/mol. The lowest BCUT2D eigenvalue weighted by atomic mass is 9.63. The Morgan fingerprint density at radius 2 is 1.97 bits per heavy atom. The largest absolute Gasteiger partial charge is 0.393 e. The van der Waals surface area contributed by atoms with Gasteiger partial charge < -0.3 is 9.84 Å². The normalized spacial score (nSPS) is 42.9. The Labute approximate surface area is 177 Å². The topological polar surface area (TPSA) is 32.8 Å². The zero-order valence-electron chi connectivity index (χ0n) is 18.5. The first kappa shape index (κ1) is 21.1. The molecule has 3 saturated carbocycles. The van der Waals surface area contributed by atoms with Crippen LogP contribution >= 0.6 is 0 Å². The Hall–Kier alpha value is -1.12. The van der Waals surface area contributed by atoms with Crippen LogP contribution in [0.15, 0.2) is 47.6 Å². The van der Waals surface area contributed by atoms with Crippen LogP contribution in [-0.2, 0) is 4.74 Å². The smallest absolute Gasteiger partial charge is 0.110 e. The van der Waals surface area contributed by atoms with Gasteiger partial charge in [-0.25, -0.2) is 0 Å². The summed E-state index contributed by atoms with van der Waals surface area (Å²) in [5, 5.41) is 9.95. The van der Waals surface area contributed by atoms with E-state index in [1.165, 1.54) is 50.5 Å². The Morgan fingerprint density at radius 3 is 2.72 bits per heavy atom. The van der Waals surface area contributed by atoms with Crippen LogP contribution in [0.3, 0.4) is 0 Å². The molecule has 1 N–H and O–H groups in total. The van der Waals surface area contributed by atoms with Crippen LogP contribution < -0.4 is 0 Å². The van der Waals surface area contributed by atoms with Crippen LogP contribution in [0.1, 0.15) is 84.5 Å². The Balaban J connectivity index is 1.37. The molecule has 0 spiro atoms. The quantitative estimate of drug-likeness (QED) is 0.401. The van der Waals surface area contributed by atoms with Crippen LogP contribution in [0, 0.1) is 17.3 Å². The van der Waals surface area contributed by atoms with Crippen molar-refractivity contribution in [2.45, 2.75) is 96.2 Å². The van der Waals surface area contributed by atoms with Crippen LogP contribution in [0.4, 0.5) is 0 Å². The van der Waals surface area contributed by atoms with E-state index in [-0.39, 0.29) is 11.7 Å². The summed E-state index contributed by atoms with van der Waals surface area (Å²) >= 11 is 0. The van der Waals surface area contributed by atoms with Gasteiger partial charge in [-0.3, -0.25) is 0 Å². The number of allylic oxidation sites excluding steroid dienone is 6. The molecule has 1 heterocycles. The summed E-state index contributed by atoms with van der Waals surface area (Å²) in [6.45, 7) is 5.65. The van der Waals surface area contributed by atoms with E-state index in [9.17, 15) is 5.11 Å². The van der Waals surface area contributed by atoms with Gasteiger partial charge in [0, 0.05) is 0 Å². The molecule has 4 fully saturated rings. The third kappa shape index (κ3) is 4.80. The van der Waals surface area contributed by atoms with Gasteiger partial charge >= 0.3 is 0 Å². The minimum atomic E-state index is -0.111. The van der Waals surface area contributed by atoms with Crippen molar-refractivity contribution in [1.82, 2.24) is 0 Å². The SMILES string of the molecule is CCC1(/C=C/C=C/CC2CCC3/C(=C/C=C4/CCCC(O)C4)CCCC23C)CO1. The average molecular weight is 397 g/mol. The van der Waals surface area contributed by atoms with Gasteiger partial charge in [-0.05, 0) is 87.9 Å². The Kier molecular flexibility index (Phi) is 6.51. The summed E-state index contributed by atoms with van der Waals surface area (Å²) in [5.41, 5.74) is 3.67. The third-order valence-electron chi connectivity index (χ3n) is 8.41. The van der Waals surface area contributed by atoms with Gasteiger partial charge in [0.25, 0.3) is 0 Å². The van der Waals surface area contributed by atoms with E-state index in [1.54, 1.807) is 5.57 Å². The summed E-state index contributed by atoms with van der Waals surface area (Å²) in [5.74, 6) is 1.57. The number of rotatable bonds is 6. The standard InChI is InChI=1S/C27H40O2/c1-3-27(20-29-27)18-6-4-5-11-23-15-16-25-22(10-8-17-26(23,25)2)14-13-21-9-7-12-24(28)19-21/h4-6,13-14,18,23-25,28H,3,7-12,15-17,19-20H2,1-2H3/b5-4+,18-6+,21-13-,22-14+. The van der Waals surface area contributed by atoms with Crippen molar-refractivity contribution < 1.29 is 9.84 Å². The highest BCUT2D eigenvalue weighted by atomic mass is 16.6. The molecule has 2 nitrogen and oxygen atoms in total. The maximum atomic E-state index is 9.95. The van der Waals surface area contributed by atoms with E-state index in [0.717, 1.165) is 44.1 Å². The third-order valence-corrected chi connectivity index (χ3v) is 8.41.